The number of aliphatic hydroxyl groups is 1. The summed E-state index contributed by atoms with van der Waals surface area (Å²) in [5.41, 5.74) is 5.56. The Morgan fingerprint density at radius 3 is 2.46 bits per heavy atom. The van der Waals surface area contributed by atoms with Gasteiger partial charge in [-0.2, -0.15) is 8.42 Å². The van der Waals surface area contributed by atoms with E-state index in [4.69, 9.17) is 5.73 Å². The molecule has 1 saturated carbocycles. The van der Waals surface area contributed by atoms with Crippen molar-refractivity contribution in [1.29, 1.82) is 0 Å². The van der Waals surface area contributed by atoms with E-state index < -0.39 is 16.4 Å². The minimum absolute atomic E-state index is 0.0796. The van der Waals surface area contributed by atoms with Gasteiger partial charge in [-0.1, -0.05) is 0 Å². The minimum atomic E-state index is -3.90. The van der Waals surface area contributed by atoms with E-state index in [0.29, 0.717) is 12.8 Å². The number of hydrogen-bond donors (Lipinski definition) is 3. The highest BCUT2D eigenvalue weighted by Crippen LogP contribution is 2.25. The van der Waals surface area contributed by atoms with E-state index in [1.807, 2.05) is 0 Å². The van der Waals surface area contributed by atoms with Crippen molar-refractivity contribution >= 4 is 10.3 Å². The Hall–Kier alpha value is -0.210. The third kappa shape index (κ3) is 3.57. The van der Waals surface area contributed by atoms with Gasteiger partial charge >= 0.3 is 10.3 Å². The summed E-state index contributed by atoms with van der Waals surface area (Å²) in [6.07, 6.45) is 0.465. The first-order valence-electron chi connectivity index (χ1n) is 3.99. The summed E-state index contributed by atoms with van der Waals surface area (Å²) in [7, 11) is -3.90. The summed E-state index contributed by atoms with van der Waals surface area (Å²) in [4.78, 5) is 0. The van der Waals surface area contributed by atoms with Gasteiger partial charge in [0.1, 0.15) is 0 Å². The van der Waals surface area contributed by atoms with Crippen molar-refractivity contribution in [3.63, 3.8) is 0 Å². The summed E-state index contributed by atoms with van der Waals surface area (Å²) < 4.78 is 25.2. The highest BCUT2D eigenvalue weighted by Gasteiger charge is 2.31. The van der Waals surface area contributed by atoms with Crippen LogP contribution in [-0.2, 0) is 14.5 Å². The topological polar surface area (TPSA) is 116 Å². The summed E-state index contributed by atoms with van der Waals surface area (Å²) >= 11 is 0. The first-order valence-corrected chi connectivity index (χ1v) is 5.46. The summed E-state index contributed by atoms with van der Waals surface area (Å²) in [6.45, 7) is -0.0896. The van der Waals surface area contributed by atoms with E-state index in [1.165, 1.54) is 0 Å². The Morgan fingerprint density at radius 2 is 2.08 bits per heavy atom. The maximum absolute atomic E-state index is 10.4. The van der Waals surface area contributed by atoms with Gasteiger partial charge in [0.25, 0.3) is 0 Å². The molecule has 0 aromatic heterocycles. The Bertz CT molecular complexity index is 266. The first kappa shape index (κ1) is 10.9. The van der Waals surface area contributed by atoms with Crippen LogP contribution in [0.4, 0.5) is 0 Å². The van der Waals surface area contributed by atoms with Crippen LogP contribution >= 0.6 is 0 Å². The van der Waals surface area contributed by atoms with Crippen molar-refractivity contribution < 1.29 is 17.7 Å². The van der Waals surface area contributed by atoms with Crippen molar-refractivity contribution in [2.24, 2.45) is 16.8 Å². The molecule has 0 amide bonds. The number of hydrogen-bond acceptors (Lipinski definition) is 5. The van der Waals surface area contributed by atoms with Gasteiger partial charge in [0.05, 0.1) is 12.7 Å². The smallest absolute Gasteiger partial charge is 0.333 e. The molecule has 6 nitrogen and oxygen atoms in total. The first-order chi connectivity index (χ1) is 5.88. The van der Waals surface area contributed by atoms with Crippen LogP contribution < -0.4 is 10.9 Å². The van der Waals surface area contributed by atoms with E-state index in [1.54, 1.807) is 0 Å². The van der Waals surface area contributed by atoms with Gasteiger partial charge in [-0.3, -0.25) is 4.18 Å². The van der Waals surface area contributed by atoms with E-state index in [9.17, 15) is 13.5 Å². The van der Waals surface area contributed by atoms with Crippen molar-refractivity contribution in [2.75, 3.05) is 6.61 Å². The van der Waals surface area contributed by atoms with Crippen LogP contribution in [0, 0.1) is 5.92 Å². The van der Waals surface area contributed by atoms with E-state index in [-0.39, 0.29) is 18.6 Å². The largest absolute Gasteiger partial charge is 0.393 e. The second-order valence-electron chi connectivity index (χ2n) is 3.34. The molecule has 13 heavy (non-hydrogen) atoms. The van der Waals surface area contributed by atoms with Crippen LogP contribution in [-0.4, -0.2) is 32.3 Å². The molecular weight excluding hydrogens is 196 g/mol. The molecular formula is C6H14N2O4S. The third-order valence-corrected chi connectivity index (χ3v) is 2.60. The molecule has 0 aliphatic heterocycles. The lowest BCUT2D eigenvalue weighted by molar-refractivity contribution is 0.101. The summed E-state index contributed by atoms with van der Waals surface area (Å²) in [5, 5.41) is 14.0. The second kappa shape index (κ2) is 3.89. The standard InChI is InChI=1S/C6H14N2O4S/c7-5-1-4(6(9)2-5)3-12-13(8,10)11/h4-6,9H,1-3,7H2,(H2,8,10,11)/t4-,5-,6+/m1/s1. The zero-order valence-corrected chi connectivity index (χ0v) is 7.90. The zero-order chi connectivity index (χ0) is 10.1. The number of rotatable bonds is 3. The highest BCUT2D eigenvalue weighted by molar-refractivity contribution is 7.84. The molecule has 3 atom stereocenters. The van der Waals surface area contributed by atoms with E-state index in [0.717, 1.165) is 0 Å². The van der Waals surface area contributed by atoms with Crippen LogP contribution in [0.1, 0.15) is 12.8 Å². The Balaban J connectivity index is 2.38. The fraction of sp³-hybridized carbons (Fsp3) is 1.00. The average Bonchev–Trinajstić information content (AvgIpc) is 2.24. The van der Waals surface area contributed by atoms with Gasteiger partial charge in [0.15, 0.2) is 0 Å². The fourth-order valence-electron chi connectivity index (χ4n) is 1.51. The van der Waals surface area contributed by atoms with Crippen LogP contribution in [0.25, 0.3) is 0 Å². The van der Waals surface area contributed by atoms with Crippen LogP contribution in [0.15, 0.2) is 0 Å². The molecule has 0 aromatic rings. The van der Waals surface area contributed by atoms with Crippen molar-refractivity contribution in [2.45, 2.75) is 25.0 Å². The maximum Gasteiger partial charge on any atom is 0.333 e. The SMILES string of the molecule is N[C@@H]1C[C@H](COS(N)(=O)=O)[C@@H](O)C1. The molecule has 0 radical (unpaired) electrons. The van der Waals surface area contributed by atoms with Crippen LogP contribution in [0.3, 0.4) is 0 Å². The normalized spacial score (nSPS) is 35.2. The molecule has 1 aliphatic carbocycles. The van der Waals surface area contributed by atoms with Crippen molar-refractivity contribution in [3.05, 3.63) is 0 Å². The predicted molar refractivity (Wildman–Crippen MR) is 45.8 cm³/mol. The van der Waals surface area contributed by atoms with Crippen molar-refractivity contribution in [3.8, 4) is 0 Å². The van der Waals surface area contributed by atoms with E-state index in [2.05, 4.69) is 9.32 Å². The summed E-state index contributed by atoms with van der Waals surface area (Å²) in [6, 6.07) is -0.0796. The molecule has 5 N–H and O–H groups in total. The minimum Gasteiger partial charge on any atom is -0.393 e. The number of nitrogens with two attached hydrogens (primary N) is 2. The fourth-order valence-corrected chi connectivity index (χ4v) is 1.87. The van der Waals surface area contributed by atoms with Crippen LogP contribution in [0.2, 0.25) is 0 Å². The lowest BCUT2D eigenvalue weighted by Crippen LogP contribution is -2.24. The lowest BCUT2D eigenvalue weighted by Gasteiger charge is -2.12. The second-order valence-corrected chi connectivity index (χ2v) is 4.56. The molecule has 0 aromatic carbocycles. The van der Waals surface area contributed by atoms with Gasteiger partial charge in [0.2, 0.25) is 0 Å². The Kier molecular flexibility index (Phi) is 3.25. The lowest BCUT2D eigenvalue weighted by atomic mass is 10.1. The molecule has 78 valence electrons. The third-order valence-electron chi connectivity index (χ3n) is 2.14. The molecule has 1 aliphatic rings. The summed E-state index contributed by atoms with van der Waals surface area (Å²) in [5.74, 6) is -0.228. The van der Waals surface area contributed by atoms with E-state index >= 15 is 0 Å². The Labute approximate surface area is 77.1 Å². The molecule has 0 heterocycles. The van der Waals surface area contributed by atoms with Gasteiger partial charge in [0, 0.05) is 12.0 Å². The molecule has 7 heteroatoms. The van der Waals surface area contributed by atoms with Gasteiger partial charge in [-0.15, -0.1) is 0 Å². The Morgan fingerprint density at radius 1 is 1.46 bits per heavy atom. The van der Waals surface area contributed by atoms with Gasteiger partial charge in [-0.05, 0) is 12.8 Å². The molecule has 1 rings (SSSR count). The molecule has 0 bridgehead atoms. The number of aliphatic hydroxyl groups excluding tert-OH is 1. The molecule has 0 spiro atoms. The molecule has 0 unspecified atom stereocenters. The quantitative estimate of drug-likeness (QED) is 0.513. The highest BCUT2D eigenvalue weighted by atomic mass is 32.2. The van der Waals surface area contributed by atoms with Gasteiger partial charge in [-0.25, -0.2) is 5.14 Å². The molecule has 0 saturated heterocycles. The van der Waals surface area contributed by atoms with Crippen molar-refractivity contribution in [1.82, 2.24) is 0 Å². The van der Waals surface area contributed by atoms with Crippen LogP contribution in [0.5, 0.6) is 0 Å². The van der Waals surface area contributed by atoms with Gasteiger partial charge < -0.3 is 10.8 Å². The molecule has 1 fully saturated rings. The predicted octanol–water partition coefficient (Wildman–Crippen LogP) is -1.70. The monoisotopic (exact) mass is 210 g/mol. The average molecular weight is 210 g/mol. The zero-order valence-electron chi connectivity index (χ0n) is 7.09. The maximum atomic E-state index is 10.4.